The molecule has 200 valence electrons. The molecule has 37 heavy (non-hydrogen) atoms. The number of fused-ring (bicyclic) bond motifs is 1. The number of halogens is 1. The van der Waals surface area contributed by atoms with Gasteiger partial charge in [-0.05, 0) is 80.3 Å². The van der Waals surface area contributed by atoms with Crippen LogP contribution >= 0.6 is 0 Å². The van der Waals surface area contributed by atoms with E-state index in [2.05, 4.69) is 10.9 Å². The van der Waals surface area contributed by atoms with E-state index in [1.807, 2.05) is 19.1 Å². The molecular weight excluding hydrogens is 483 g/mol. The Morgan fingerprint density at radius 2 is 1.92 bits per heavy atom. The molecule has 0 radical (unpaired) electrons. The van der Waals surface area contributed by atoms with E-state index in [-0.39, 0.29) is 30.2 Å². The third kappa shape index (κ3) is 7.23. The molecule has 0 saturated heterocycles. The fourth-order valence-corrected chi connectivity index (χ4v) is 4.80. The van der Waals surface area contributed by atoms with Gasteiger partial charge in [0, 0.05) is 25.6 Å². The van der Waals surface area contributed by atoms with Gasteiger partial charge in [0.15, 0.2) is 0 Å². The number of nitrogens with zero attached hydrogens (tertiary/aromatic N) is 2. The highest BCUT2D eigenvalue weighted by Gasteiger charge is 2.28. The zero-order valence-electron chi connectivity index (χ0n) is 20.7. The number of nitrogens with one attached hydrogen (secondary N) is 2. The van der Waals surface area contributed by atoms with Crippen LogP contribution in [0, 0.1) is 16.9 Å². The van der Waals surface area contributed by atoms with Crippen LogP contribution in [0.15, 0.2) is 36.4 Å². The Morgan fingerprint density at radius 1 is 1.14 bits per heavy atom. The summed E-state index contributed by atoms with van der Waals surface area (Å²) in [6.45, 7) is 3.12. The Kier molecular flexibility index (Phi) is 8.67. The molecule has 1 fully saturated rings. The first kappa shape index (κ1) is 26.5. The number of rotatable bonds is 9. The summed E-state index contributed by atoms with van der Waals surface area (Å²) in [6.07, 6.45) is 3.09. The van der Waals surface area contributed by atoms with Crippen molar-refractivity contribution in [1.29, 1.82) is 0 Å². The predicted octanol–water partition coefficient (Wildman–Crippen LogP) is 4.91. The molecule has 2 aromatic rings. The van der Waals surface area contributed by atoms with E-state index in [1.54, 1.807) is 11.0 Å². The lowest BCUT2D eigenvalue weighted by Gasteiger charge is -2.33. The van der Waals surface area contributed by atoms with Gasteiger partial charge in [-0.15, -0.1) is 0 Å². The zero-order chi connectivity index (χ0) is 26.4. The summed E-state index contributed by atoms with van der Waals surface area (Å²) >= 11 is 0. The number of carboxylic acids is 1. The first-order chi connectivity index (χ1) is 17.8. The van der Waals surface area contributed by atoms with Crippen LogP contribution in [0.3, 0.4) is 0 Å². The number of amides is 1. The fourth-order valence-electron chi connectivity index (χ4n) is 4.80. The van der Waals surface area contributed by atoms with Gasteiger partial charge in [-0.1, -0.05) is 6.07 Å². The number of hydrogen-bond donors (Lipinski definition) is 3. The number of ether oxygens (including phenoxy) is 2. The Bertz CT molecular complexity index is 1110. The van der Waals surface area contributed by atoms with Crippen molar-refractivity contribution in [1.82, 2.24) is 10.2 Å². The molecule has 3 N–H and O–H groups in total. The van der Waals surface area contributed by atoms with Gasteiger partial charge in [-0.25, -0.2) is 14.5 Å². The lowest BCUT2D eigenvalue weighted by atomic mass is 9.85. The maximum atomic E-state index is 14.1. The maximum Gasteiger partial charge on any atom is 0.410 e. The molecule has 0 aromatic heterocycles. The molecule has 4 rings (SSSR count). The van der Waals surface area contributed by atoms with Crippen molar-refractivity contribution in [3.8, 4) is 5.75 Å². The number of carbonyl (C=O) groups is 2. The quantitative estimate of drug-likeness (QED) is 0.399. The third-order valence-electron chi connectivity index (χ3n) is 6.70. The van der Waals surface area contributed by atoms with Crippen molar-refractivity contribution < 1.29 is 28.6 Å². The summed E-state index contributed by atoms with van der Waals surface area (Å²) in [7, 11) is 0. The minimum atomic E-state index is -0.786. The molecule has 2 aliphatic rings. The summed E-state index contributed by atoms with van der Waals surface area (Å²) in [4.78, 5) is 25.3. The van der Waals surface area contributed by atoms with E-state index < -0.39 is 11.8 Å². The first-order valence-corrected chi connectivity index (χ1v) is 12.5. The third-order valence-corrected chi connectivity index (χ3v) is 6.70. The highest BCUT2D eigenvalue weighted by atomic mass is 19.1. The van der Waals surface area contributed by atoms with Crippen molar-refractivity contribution in [2.75, 3.05) is 24.0 Å². The molecule has 0 bridgehead atoms. The predicted molar refractivity (Wildman–Crippen MR) is 135 cm³/mol. The summed E-state index contributed by atoms with van der Waals surface area (Å²) in [6, 6.07) is 9.52. The highest BCUT2D eigenvalue weighted by Crippen LogP contribution is 2.30. The molecular formula is C26H32FN4O6-. The number of benzene rings is 2. The van der Waals surface area contributed by atoms with Crippen LogP contribution < -0.4 is 15.6 Å². The standard InChI is InChI=1S/C26H32FN4O6/c1-2-36-22-9-10-23(27)24(15-22)29-31(35)28-20-6-5-19-16-30(12-11-18(19)14-20)26(34)37-21-7-3-17(4-8-21)13-25(32)33/h5-6,9-10,14-15,17,21,28-29H,2-4,7-8,11-13,16H2,1H3,(H,32,33)/q-1. The van der Waals surface area contributed by atoms with Crippen LogP contribution in [0.2, 0.25) is 0 Å². The fraction of sp³-hybridized carbons (Fsp3) is 0.462. The van der Waals surface area contributed by atoms with Gasteiger partial charge in [0.1, 0.15) is 17.7 Å². The van der Waals surface area contributed by atoms with E-state index in [4.69, 9.17) is 14.6 Å². The van der Waals surface area contributed by atoms with E-state index >= 15 is 0 Å². The molecule has 11 heteroatoms. The van der Waals surface area contributed by atoms with Gasteiger partial charge < -0.3 is 35.5 Å². The molecule has 1 heterocycles. The lowest BCUT2D eigenvalue weighted by molar-refractivity contribution is -0.138. The Morgan fingerprint density at radius 3 is 2.65 bits per heavy atom. The zero-order valence-corrected chi connectivity index (χ0v) is 20.7. The molecule has 0 spiro atoms. The second-order valence-corrected chi connectivity index (χ2v) is 9.37. The largest absolute Gasteiger partial charge is 0.749 e. The summed E-state index contributed by atoms with van der Waals surface area (Å²) in [5.41, 5.74) is 7.53. The highest BCUT2D eigenvalue weighted by molar-refractivity contribution is 5.69. The normalized spacial score (nSPS) is 19.2. The molecule has 2 aromatic carbocycles. The van der Waals surface area contributed by atoms with Crippen LogP contribution in [0.25, 0.3) is 0 Å². The Balaban J connectivity index is 1.28. The van der Waals surface area contributed by atoms with Crippen LogP contribution in [0.5, 0.6) is 5.75 Å². The van der Waals surface area contributed by atoms with Crippen molar-refractivity contribution in [3.05, 3.63) is 58.5 Å². The van der Waals surface area contributed by atoms with Gasteiger partial charge in [0.2, 0.25) is 0 Å². The molecule has 1 aliphatic carbocycles. The van der Waals surface area contributed by atoms with Crippen molar-refractivity contribution in [3.63, 3.8) is 0 Å². The van der Waals surface area contributed by atoms with E-state index in [0.29, 0.717) is 55.7 Å². The monoisotopic (exact) mass is 515 g/mol. The lowest BCUT2D eigenvalue weighted by Crippen LogP contribution is -2.39. The van der Waals surface area contributed by atoms with Gasteiger partial charge in [-0.2, -0.15) is 0 Å². The summed E-state index contributed by atoms with van der Waals surface area (Å²) in [5.74, 6) is -0.776. The van der Waals surface area contributed by atoms with Crippen LogP contribution in [0.4, 0.5) is 20.6 Å². The number of carbonyl (C=O) groups excluding carboxylic acids is 1. The minimum absolute atomic E-state index is 0.0177. The maximum absolute atomic E-state index is 14.1. The number of anilines is 2. The van der Waals surface area contributed by atoms with Crippen molar-refractivity contribution in [2.45, 2.75) is 58.1 Å². The molecule has 1 saturated carbocycles. The van der Waals surface area contributed by atoms with Crippen LogP contribution in [-0.4, -0.2) is 46.6 Å². The smallest absolute Gasteiger partial charge is 0.410 e. The van der Waals surface area contributed by atoms with Gasteiger partial charge in [0.05, 0.1) is 18.0 Å². The van der Waals surface area contributed by atoms with E-state index in [0.717, 1.165) is 24.0 Å². The number of hydrazine groups is 2. The SMILES string of the molecule is CCOc1ccc(F)c(NN([O-])Nc2ccc3c(c2)CCN(C(=O)OC2CCC(CC(=O)O)CC2)C3)c1. The Labute approximate surface area is 214 Å². The van der Waals surface area contributed by atoms with Crippen molar-refractivity contribution in [2.24, 2.45) is 5.92 Å². The second-order valence-electron chi connectivity index (χ2n) is 9.37. The minimum Gasteiger partial charge on any atom is -0.749 e. The average molecular weight is 516 g/mol. The van der Waals surface area contributed by atoms with Crippen LogP contribution in [0.1, 0.15) is 50.2 Å². The first-order valence-electron chi connectivity index (χ1n) is 12.5. The Hall–Kier alpha value is -3.57. The molecule has 0 atom stereocenters. The van der Waals surface area contributed by atoms with Gasteiger partial charge in [0.25, 0.3) is 0 Å². The van der Waals surface area contributed by atoms with E-state index in [9.17, 15) is 19.2 Å². The van der Waals surface area contributed by atoms with E-state index in [1.165, 1.54) is 18.2 Å². The second kappa shape index (κ2) is 12.1. The van der Waals surface area contributed by atoms with Gasteiger partial charge >= 0.3 is 12.1 Å². The number of carboxylic acid groups (broad SMARTS) is 1. The molecule has 1 aliphatic heterocycles. The van der Waals surface area contributed by atoms with Gasteiger partial charge in [-0.3, -0.25) is 4.79 Å². The van der Waals surface area contributed by atoms with Crippen molar-refractivity contribution >= 4 is 23.4 Å². The van der Waals surface area contributed by atoms with Crippen LogP contribution in [-0.2, 0) is 22.5 Å². The summed E-state index contributed by atoms with van der Waals surface area (Å²) in [5, 5.41) is 21.6. The molecule has 10 nitrogen and oxygen atoms in total. The number of hydrogen-bond acceptors (Lipinski definition) is 8. The average Bonchev–Trinajstić information content (AvgIpc) is 2.86. The topological polar surface area (TPSA) is 126 Å². The number of aliphatic carboxylic acids is 1. The molecule has 0 unspecified atom stereocenters. The summed E-state index contributed by atoms with van der Waals surface area (Å²) < 4.78 is 25.1. The molecule has 1 amide bonds.